The van der Waals surface area contributed by atoms with Crippen LogP contribution in [0.15, 0.2) is 40.0 Å². The lowest BCUT2D eigenvalue weighted by Gasteiger charge is -2.08. The van der Waals surface area contributed by atoms with E-state index in [2.05, 4.69) is 17.1 Å². The second-order valence-electron chi connectivity index (χ2n) is 4.68. The Hall–Kier alpha value is -2.35. The molecule has 0 fully saturated rings. The van der Waals surface area contributed by atoms with Crippen molar-refractivity contribution in [1.29, 1.82) is 0 Å². The molecule has 2 aromatic rings. The minimum Gasteiger partial charge on any atom is -0.416 e. The van der Waals surface area contributed by atoms with Crippen LogP contribution in [0.25, 0.3) is 0 Å². The van der Waals surface area contributed by atoms with Crippen LogP contribution in [0.2, 0.25) is 0 Å². The Balaban J connectivity index is 1.86. The molecule has 1 atom stereocenters. The molecule has 0 saturated carbocycles. The van der Waals surface area contributed by atoms with Crippen molar-refractivity contribution in [3.63, 3.8) is 0 Å². The number of primary amides is 1. The third-order valence-electron chi connectivity index (χ3n) is 2.89. The van der Waals surface area contributed by atoms with Crippen molar-refractivity contribution in [2.24, 2.45) is 5.73 Å². The molecule has 1 aromatic carbocycles. The molecule has 0 aliphatic rings. The molecule has 1 aromatic heterocycles. The standard InChI is InChI=1S/C14H16N4O3S/c1-9(10-5-3-2-4-6-10)7-12-17-18-14(21-12)22-8-11(19)16-13(15)20/h2-6,9H,7-8H2,1H3,(H3,15,16,19,20). The molecule has 0 spiro atoms. The fourth-order valence-corrected chi connectivity index (χ4v) is 2.42. The summed E-state index contributed by atoms with van der Waals surface area (Å²) >= 11 is 1.05. The van der Waals surface area contributed by atoms with E-state index < -0.39 is 11.9 Å². The van der Waals surface area contributed by atoms with Crippen LogP contribution < -0.4 is 11.1 Å². The van der Waals surface area contributed by atoms with Gasteiger partial charge in [-0.1, -0.05) is 49.0 Å². The van der Waals surface area contributed by atoms with Gasteiger partial charge in [0, 0.05) is 6.42 Å². The molecule has 0 aliphatic carbocycles. The Bertz CT molecular complexity index is 645. The van der Waals surface area contributed by atoms with Gasteiger partial charge in [-0.05, 0) is 11.5 Å². The van der Waals surface area contributed by atoms with Crippen LogP contribution in [0.3, 0.4) is 0 Å². The summed E-state index contributed by atoms with van der Waals surface area (Å²) in [7, 11) is 0. The maximum absolute atomic E-state index is 11.3. The molecule has 2 rings (SSSR count). The summed E-state index contributed by atoms with van der Waals surface area (Å²) in [4.78, 5) is 21.8. The molecule has 0 bridgehead atoms. The number of hydrogen-bond acceptors (Lipinski definition) is 6. The number of hydrogen-bond donors (Lipinski definition) is 2. The average molecular weight is 320 g/mol. The van der Waals surface area contributed by atoms with Gasteiger partial charge >= 0.3 is 6.03 Å². The average Bonchev–Trinajstić information content (AvgIpc) is 2.93. The molecule has 3 N–H and O–H groups in total. The molecule has 3 amide bonds. The number of aromatic nitrogens is 2. The number of nitrogens with zero attached hydrogens (tertiary/aromatic N) is 2. The van der Waals surface area contributed by atoms with E-state index in [0.29, 0.717) is 12.3 Å². The van der Waals surface area contributed by atoms with E-state index in [0.717, 1.165) is 11.8 Å². The van der Waals surface area contributed by atoms with Crippen molar-refractivity contribution >= 4 is 23.7 Å². The highest BCUT2D eigenvalue weighted by molar-refractivity contribution is 7.99. The van der Waals surface area contributed by atoms with Crippen LogP contribution in [-0.4, -0.2) is 27.9 Å². The summed E-state index contributed by atoms with van der Waals surface area (Å²) in [6, 6.07) is 9.15. The predicted molar refractivity (Wildman–Crippen MR) is 81.3 cm³/mol. The second-order valence-corrected chi connectivity index (χ2v) is 5.61. The fraction of sp³-hybridized carbons (Fsp3) is 0.286. The van der Waals surface area contributed by atoms with Gasteiger partial charge in [0.15, 0.2) is 0 Å². The van der Waals surface area contributed by atoms with Gasteiger partial charge < -0.3 is 10.2 Å². The molecular weight excluding hydrogens is 304 g/mol. The Morgan fingerprint density at radius 2 is 2.05 bits per heavy atom. The number of amides is 3. The minimum absolute atomic E-state index is 0.0151. The summed E-state index contributed by atoms with van der Waals surface area (Å²) < 4.78 is 5.48. The van der Waals surface area contributed by atoms with E-state index in [9.17, 15) is 9.59 Å². The number of carbonyl (C=O) groups is 2. The normalized spacial score (nSPS) is 11.9. The zero-order valence-electron chi connectivity index (χ0n) is 12.0. The number of thioether (sulfide) groups is 1. The second kappa shape index (κ2) is 7.60. The van der Waals surface area contributed by atoms with Crippen LogP contribution >= 0.6 is 11.8 Å². The Labute approximate surface area is 131 Å². The quantitative estimate of drug-likeness (QED) is 0.784. The van der Waals surface area contributed by atoms with Gasteiger partial charge in [0.05, 0.1) is 5.75 Å². The SMILES string of the molecule is CC(Cc1nnc(SCC(=O)NC(N)=O)o1)c1ccccc1. The summed E-state index contributed by atoms with van der Waals surface area (Å²) in [5, 5.41) is 10.1. The highest BCUT2D eigenvalue weighted by Gasteiger charge is 2.14. The fourth-order valence-electron chi connectivity index (χ4n) is 1.84. The Morgan fingerprint density at radius 1 is 1.32 bits per heavy atom. The third kappa shape index (κ3) is 4.88. The lowest BCUT2D eigenvalue weighted by molar-refractivity contribution is -0.117. The Kier molecular flexibility index (Phi) is 5.54. The van der Waals surface area contributed by atoms with E-state index in [4.69, 9.17) is 10.2 Å². The molecular formula is C14H16N4O3S. The molecule has 116 valence electrons. The van der Waals surface area contributed by atoms with Gasteiger partial charge in [-0.25, -0.2) is 4.79 Å². The zero-order chi connectivity index (χ0) is 15.9. The Morgan fingerprint density at radius 3 is 2.73 bits per heavy atom. The number of nitrogens with one attached hydrogen (secondary N) is 1. The van der Waals surface area contributed by atoms with Crippen molar-refractivity contribution in [2.75, 3.05) is 5.75 Å². The predicted octanol–water partition coefficient (Wildman–Crippen LogP) is 1.70. The van der Waals surface area contributed by atoms with Crippen molar-refractivity contribution in [2.45, 2.75) is 24.5 Å². The molecule has 22 heavy (non-hydrogen) atoms. The summed E-state index contributed by atoms with van der Waals surface area (Å²) in [5.41, 5.74) is 6.04. The zero-order valence-corrected chi connectivity index (χ0v) is 12.8. The first kappa shape index (κ1) is 16.0. The van der Waals surface area contributed by atoms with Gasteiger partial charge in [0.1, 0.15) is 0 Å². The number of urea groups is 1. The molecule has 7 nitrogen and oxygen atoms in total. The van der Waals surface area contributed by atoms with E-state index >= 15 is 0 Å². The van der Waals surface area contributed by atoms with Gasteiger partial charge in [-0.2, -0.15) is 0 Å². The largest absolute Gasteiger partial charge is 0.416 e. The number of rotatable bonds is 6. The van der Waals surface area contributed by atoms with Gasteiger partial charge in [0.25, 0.3) is 5.22 Å². The van der Waals surface area contributed by atoms with Crippen LogP contribution in [0.4, 0.5) is 4.79 Å². The molecule has 0 radical (unpaired) electrons. The summed E-state index contributed by atoms with van der Waals surface area (Å²) in [5.74, 6) is 0.237. The maximum atomic E-state index is 11.3. The monoisotopic (exact) mass is 320 g/mol. The van der Waals surface area contributed by atoms with Crippen molar-refractivity contribution in [1.82, 2.24) is 15.5 Å². The van der Waals surface area contributed by atoms with Crippen LogP contribution in [0.5, 0.6) is 0 Å². The molecule has 0 aliphatic heterocycles. The number of carbonyl (C=O) groups excluding carboxylic acids is 2. The van der Waals surface area contributed by atoms with E-state index in [-0.39, 0.29) is 16.9 Å². The number of benzene rings is 1. The van der Waals surface area contributed by atoms with Crippen molar-refractivity contribution < 1.29 is 14.0 Å². The first-order chi connectivity index (χ1) is 10.5. The van der Waals surface area contributed by atoms with Crippen LogP contribution in [0, 0.1) is 0 Å². The van der Waals surface area contributed by atoms with Gasteiger partial charge in [-0.15, -0.1) is 10.2 Å². The molecule has 1 heterocycles. The highest BCUT2D eigenvalue weighted by atomic mass is 32.2. The van der Waals surface area contributed by atoms with Crippen LogP contribution in [-0.2, 0) is 11.2 Å². The molecule has 0 saturated heterocycles. The third-order valence-corrected chi connectivity index (χ3v) is 3.71. The molecule has 1 unspecified atom stereocenters. The summed E-state index contributed by atoms with van der Waals surface area (Å²) in [6.45, 7) is 2.08. The molecule has 8 heteroatoms. The lowest BCUT2D eigenvalue weighted by atomic mass is 9.98. The summed E-state index contributed by atoms with van der Waals surface area (Å²) in [6.07, 6.45) is 0.616. The van der Waals surface area contributed by atoms with Crippen LogP contribution in [0.1, 0.15) is 24.3 Å². The smallest absolute Gasteiger partial charge is 0.318 e. The first-order valence-electron chi connectivity index (χ1n) is 6.64. The van der Waals surface area contributed by atoms with Crippen molar-refractivity contribution in [3.05, 3.63) is 41.8 Å². The first-order valence-corrected chi connectivity index (χ1v) is 7.62. The highest BCUT2D eigenvalue weighted by Crippen LogP contribution is 2.22. The minimum atomic E-state index is -0.881. The van der Waals surface area contributed by atoms with E-state index in [1.807, 2.05) is 35.6 Å². The number of imide groups is 1. The van der Waals surface area contributed by atoms with E-state index in [1.165, 1.54) is 5.56 Å². The van der Waals surface area contributed by atoms with Crippen molar-refractivity contribution in [3.8, 4) is 0 Å². The lowest BCUT2D eigenvalue weighted by Crippen LogP contribution is -2.36. The van der Waals surface area contributed by atoms with Gasteiger partial charge in [0.2, 0.25) is 11.8 Å². The van der Waals surface area contributed by atoms with E-state index in [1.54, 1.807) is 0 Å². The maximum Gasteiger partial charge on any atom is 0.318 e. The topological polar surface area (TPSA) is 111 Å². The van der Waals surface area contributed by atoms with Gasteiger partial charge in [-0.3, -0.25) is 10.1 Å². The number of nitrogens with two attached hydrogens (primary N) is 1.